The van der Waals surface area contributed by atoms with Crippen LogP contribution in [0.25, 0.3) is 0 Å². The van der Waals surface area contributed by atoms with Crippen molar-refractivity contribution in [1.82, 2.24) is 9.55 Å². The first kappa shape index (κ1) is 13.5. The molecule has 0 aliphatic rings. The minimum absolute atomic E-state index is 0.471. The van der Waals surface area contributed by atoms with Crippen LogP contribution in [0.15, 0.2) is 18.7 Å². The first-order chi connectivity index (χ1) is 7.41. The van der Waals surface area contributed by atoms with E-state index in [9.17, 15) is 14.2 Å². The monoisotopic (exact) mass is 272 g/mol. The predicted octanol–water partition coefficient (Wildman–Crippen LogP) is -0.674. The SMILES string of the molecule is O=[PH](O)OC(O)(Cn1ccnc1)O[PH](=O)O. The molecule has 92 valence electrons. The highest BCUT2D eigenvalue weighted by atomic mass is 31.1. The van der Waals surface area contributed by atoms with Gasteiger partial charge in [0.2, 0.25) is 0 Å². The molecule has 1 rings (SSSR count). The molecule has 0 aliphatic heterocycles. The van der Waals surface area contributed by atoms with Crippen LogP contribution in [-0.4, -0.2) is 30.4 Å². The van der Waals surface area contributed by atoms with Crippen molar-refractivity contribution >= 4 is 16.5 Å². The van der Waals surface area contributed by atoms with E-state index in [2.05, 4.69) is 14.0 Å². The zero-order chi connectivity index (χ0) is 12.2. The molecule has 1 aromatic heterocycles. The normalized spacial score (nSPS) is 18.9. The van der Waals surface area contributed by atoms with Crippen LogP contribution in [0.1, 0.15) is 0 Å². The summed E-state index contributed by atoms with van der Waals surface area (Å²) in [7, 11) is -7.06. The highest BCUT2D eigenvalue weighted by molar-refractivity contribution is 7.33. The van der Waals surface area contributed by atoms with Crippen LogP contribution in [0, 0.1) is 0 Å². The fourth-order valence-corrected chi connectivity index (χ4v) is 1.81. The third-order valence-corrected chi connectivity index (χ3v) is 2.42. The van der Waals surface area contributed by atoms with E-state index in [-0.39, 0.29) is 0 Å². The summed E-state index contributed by atoms with van der Waals surface area (Å²) in [5.74, 6) is -2.64. The molecule has 0 saturated carbocycles. The summed E-state index contributed by atoms with van der Waals surface area (Å²) in [6, 6.07) is 0. The molecule has 3 N–H and O–H groups in total. The van der Waals surface area contributed by atoms with Gasteiger partial charge in [-0.2, -0.15) is 0 Å². The maximum Gasteiger partial charge on any atom is 0.320 e. The van der Waals surface area contributed by atoms with Crippen molar-refractivity contribution in [3.8, 4) is 0 Å². The highest BCUT2D eigenvalue weighted by Crippen LogP contribution is 2.33. The Morgan fingerprint density at radius 2 is 1.88 bits per heavy atom. The zero-order valence-corrected chi connectivity index (χ0v) is 9.81. The Labute approximate surface area is 91.2 Å². The van der Waals surface area contributed by atoms with E-state index in [0.717, 1.165) is 0 Å². The number of hydrogen-bond donors (Lipinski definition) is 3. The average Bonchev–Trinajstić information content (AvgIpc) is 2.51. The standard InChI is InChI=1S/C5H10N2O7P2/c8-5(13-15(9)10,14-16(11)12)3-7-2-1-6-4-7/h1-2,4,8,15-16H,3H2,(H,9,10)(H,11,12). The Kier molecular flexibility index (Phi) is 4.82. The van der Waals surface area contributed by atoms with Crippen molar-refractivity contribution in [3.05, 3.63) is 18.7 Å². The largest absolute Gasteiger partial charge is 0.341 e. The van der Waals surface area contributed by atoms with Gasteiger partial charge < -0.3 is 19.5 Å². The fourth-order valence-electron chi connectivity index (χ4n) is 0.969. The second-order valence-corrected chi connectivity index (χ2v) is 4.16. The van der Waals surface area contributed by atoms with Crippen molar-refractivity contribution in [3.63, 3.8) is 0 Å². The van der Waals surface area contributed by atoms with Crippen LogP contribution in [0.3, 0.4) is 0 Å². The Balaban J connectivity index is 2.77. The lowest BCUT2D eigenvalue weighted by atomic mass is 10.5. The van der Waals surface area contributed by atoms with E-state index in [1.54, 1.807) is 0 Å². The topological polar surface area (TPSA) is 131 Å². The predicted molar refractivity (Wildman–Crippen MR) is 51.8 cm³/mol. The quantitative estimate of drug-likeness (QED) is 0.458. The van der Waals surface area contributed by atoms with Gasteiger partial charge >= 0.3 is 22.5 Å². The second-order valence-electron chi connectivity index (χ2n) is 2.68. The van der Waals surface area contributed by atoms with Gasteiger partial charge in [-0.15, -0.1) is 0 Å². The number of nitrogens with zero attached hydrogens (tertiary/aromatic N) is 2. The molecule has 0 aliphatic carbocycles. The summed E-state index contributed by atoms with van der Waals surface area (Å²) in [4.78, 5) is 20.7. The lowest BCUT2D eigenvalue weighted by molar-refractivity contribution is -0.281. The van der Waals surface area contributed by atoms with E-state index in [4.69, 9.17) is 9.79 Å². The first-order valence-electron chi connectivity index (χ1n) is 3.93. The first-order valence-corrected chi connectivity index (χ1v) is 6.46. The molecule has 0 amide bonds. The number of aliphatic hydroxyl groups is 1. The molecule has 9 nitrogen and oxygen atoms in total. The van der Waals surface area contributed by atoms with Crippen molar-refractivity contribution in [2.24, 2.45) is 0 Å². The zero-order valence-electron chi connectivity index (χ0n) is 7.81. The van der Waals surface area contributed by atoms with Crippen molar-refractivity contribution in [1.29, 1.82) is 0 Å². The average molecular weight is 272 g/mol. The minimum Gasteiger partial charge on any atom is -0.341 e. The van der Waals surface area contributed by atoms with E-state index in [1.165, 1.54) is 23.3 Å². The van der Waals surface area contributed by atoms with E-state index >= 15 is 0 Å². The minimum atomic E-state index is -3.53. The molecule has 11 heteroatoms. The molecular weight excluding hydrogens is 262 g/mol. The van der Waals surface area contributed by atoms with Crippen LogP contribution in [0.2, 0.25) is 0 Å². The van der Waals surface area contributed by atoms with Crippen molar-refractivity contribution < 1.29 is 33.1 Å². The molecule has 16 heavy (non-hydrogen) atoms. The van der Waals surface area contributed by atoms with Gasteiger partial charge in [-0.25, -0.2) is 4.98 Å². The molecule has 1 heterocycles. The van der Waals surface area contributed by atoms with Gasteiger partial charge in [-0.3, -0.25) is 18.2 Å². The Morgan fingerprint density at radius 3 is 2.25 bits per heavy atom. The molecule has 0 bridgehead atoms. The van der Waals surface area contributed by atoms with Gasteiger partial charge in [-0.1, -0.05) is 0 Å². The lowest BCUT2D eigenvalue weighted by Crippen LogP contribution is -2.36. The van der Waals surface area contributed by atoms with Gasteiger partial charge in [0.1, 0.15) is 6.54 Å². The number of aromatic nitrogens is 2. The highest BCUT2D eigenvalue weighted by Gasteiger charge is 2.34. The lowest BCUT2D eigenvalue weighted by Gasteiger charge is -2.24. The van der Waals surface area contributed by atoms with Crippen LogP contribution in [0.5, 0.6) is 0 Å². The Hall–Kier alpha value is -0.530. The Bertz CT molecular complexity index is 364. The number of hydrogen-bond acceptors (Lipinski definition) is 6. The van der Waals surface area contributed by atoms with Crippen molar-refractivity contribution in [2.45, 2.75) is 12.5 Å². The van der Waals surface area contributed by atoms with Gasteiger partial charge in [0.25, 0.3) is 0 Å². The summed E-state index contributed by atoms with van der Waals surface area (Å²) in [6.45, 7) is -0.471. The summed E-state index contributed by atoms with van der Waals surface area (Å²) >= 11 is 0. The fraction of sp³-hybridized carbons (Fsp3) is 0.400. The smallest absolute Gasteiger partial charge is 0.320 e. The summed E-state index contributed by atoms with van der Waals surface area (Å²) in [5, 5.41) is 9.56. The van der Waals surface area contributed by atoms with E-state index < -0.39 is 29.0 Å². The molecule has 0 saturated heterocycles. The molecule has 0 aromatic carbocycles. The van der Waals surface area contributed by atoms with E-state index in [0.29, 0.717) is 0 Å². The molecule has 2 atom stereocenters. The molecule has 0 spiro atoms. The van der Waals surface area contributed by atoms with Gasteiger partial charge in [0.15, 0.2) is 0 Å². The van der Waals surface area contributed by atoms with Gasteiger partial charge in [0.05, 0.1) is 6.33 Å². The van der Waals surface area contributed by atoms with Gasteiger partial charge in [-0.05, 0) is 0 Å². The maximum atomic E-state index is 10.5. The van der Waals surface area contributed by atoms with Crippen LogP contribution >= 0.6 is 16.5 Å². The van der Waals surface area contributed by atoms with Crippen LogP contribution in [0.4, 0.5) is 0 Å². The molecule has 0 radical (unpaired) electrons. The summed E-state index contributed by atoms with van der Waals surface area (Å²) < 4.78 is 30.5. The Morgan fingerprint density at radius 1 is 1.31 bits per heavy atom. The maximum absolute atomic E-state index is 10.5. The molecule has 0 fully saturated rings. The molecule has 1 aromatic rings. The third-order valence-electron chi connectivity index (χ3n) is 1.44. The van der Waals surface area contributed by atoms with E-state index in [1.807, 2.05) is 0 Å². The third kappa shape index (κ3) is 4.54. The van der Waals surface area contributed by atoms with Crippen LogP contribution < -0.4 is 0 Å². The van der Waals surface area contributed by atoms with Crippen LogP contribution in [-0.2, 0) is 24.7 Å². The second kappa shape index (κ2) is 5.70. The van der Waals surface area contributed by atoms with Gasteiger partial charge in [0, 0.05) is 12.4 Å². The number of imidazole rings is 1. The number of rotatable bonds is 6. The van der Waals surface area contributed by atoms with Crippen molar-refractivity contribution in [2.75, 3.05) is 0 Å². The molecular formula is C5H10N2O7P2. The summed E-state index contributed by atoms with van der Waals surface area (Å²) in [5.41, 5.74) is 0. The molecule has 2 unspecified atom stereocenters. The summed E-state index contributed by atoms with van der Waals surface area (Å²) in [6.07, 6.45) is 4.05.